The van der Waals surface area contributed by atoms with Crippen LogP contribution in [-0.4, -0.2) is 40.7 Å². The molecule has 0 aliphatic rings. The molecule has 8 nitrogen and oxygen atoms in total. The Morgan fingerprint density at radius 2 is 2.27 bits per heavy atom. The molecule has 0 fully saturated rings. The van der Waals surface area contributed by atoms with Crippen molar-refractivity contribution in [2.75, 3.05) is 19.5 Å². The number of carboxylic acid groups (broad SMARTS) is 1. The van der Waals surface area contributed by atoms with Gasteiger partial charge in [-0.3, -0.25) is 0 Å². The molecule has 0 saturated carbocycles. The van der Waals surface area contributed by atoms with E-state index in [1.54, 1.807) is 30.6 Å². The number of nitrogens with two attached hydrogens (primary N) is 1. The van der Waals surface area contributed by atoms with Crippen molar-refractivity contribution in [1.29, 1.82) is 0 Å². The summed E-state index contributed by atoms with van der Waals surface area (Å²) >= 11 is 0. The van der Waals surface area contributed by atoms with Gasteiger partial charge in [0.05, 0.1) is 25.2 Å². The number of nitrogens with zero attached hydrogens (tertiary/aromatic N) is 3. The normalized spacial score (nSPS) is 10.8. The van der Waals surface area contributed by atoms with Crippen molar-refractivity contribution in [3.8, 4) is 11.5 Å². The third-order valence-electron chi connectivity index (χ3n) is 2.70. The Kier molecular flexibility index (Phi) is 4.62. The summed E-state index contributed by atoms with van der Waals surface area (Å²) in [6.07, 6.45) is 3.25. The van der Waals surface area contributed by atoms with Gasteiger partial charge in [0, 0.05) is 0 Å². The molecule has 0 aliphatic heterocycles. The Hall–Kier alpha value is -3.03. The van der Waals surface area contributed by atoms with Gasteiger partial charge in [0.2, 0.25) is 5.95 Å². The zero-order valence-corrected chi connectivity index (χ0v) is 12.2. The molecule has 22 heavy (non-hydrogen) atoms. The molecule has 3 N–H and O–H groups in total. The standard InChI is InChI=1S/C14H16N4O4/c1-9-7-18(14(15)17-9)16-6-10-3-4-11(21-2)12(5-10)22-8-13(19)20/h3-7H,8H2,1-2H3,(H2,15,17)(H,19,20). The predicted octanol–water partition coefficient (Wildman–Crippen LogP) is 1.13. The first-order valence-corrected chi connectivity index (χ1v) is 6.38. The quantitative estimate of drug-likeness (QED) is 0.774. The van der Waals surface area contributed by atoms with E-state index in [4.69, 9.17) is 20.3 Å². The highest BCUT2D eigenvalue weighted by molar-refractivity contribution is 5.81. The predicted molar refractivity (Wildman–Crippen MR) is 80.5 cm³/mol. The Morgan fingerprint density at radius 3 is 2.86 bits per heavy atom. The fourth-order valence-corrected chi connectivity index (χ4v) is 1.75. The lowest BCUT2D eigenvalue weighted by molar-refractivity contribution is -0.139. The minimum absolute atomic E-state index is 0.282. The number of carboxylic acids is 1. The molecule has 0 atom stereocenters. The van der Waals surface area contributed by atoms with Gasteiger partial charge in [0.25, 0.3) is 0 Å². The maximum Gasteiger partial charge on any atom is 0.341 e. The van der Waals surface area contributed by atoms with Crippen LogP contribution in [-0.2, 0) is 4.79 Å². The lowest BCUT2D eigenvalue weighted by atomic mass is 10.2. The summed E-state index contributed by atoms with van der Waals surface area (Å²) in [6.45, 7) is 1.36. The van der Waals surface area contributed by atoms with Gasteiger partial charge in [-0.05, 0) is 30.7 Å². The molecule has 0 radical (unpaired) electrons. The van der Waals surface area contributed by atoms with E-state index in [2.05, 4.69) is 10.1 Å². The first-order chi connectivity index (χ1) is 10.5. The lowest BCUT2D eigenvalue weighted by Crippen LogP contribution is -2.10. The number of aliphatic carboxylic acids is 1. The van der Waals surface area contributed by atoms with Gasteiger partial charge in [-0.2, -0.15) is 5.10 Å². The number of rotatable bonds is 6. The van der Waals surface area contributed by atoms with Crippen molar-refractivity contribution in [3.63, 3.8) is 0 Å². The number of hydrogen-bond donors (Lipinski definition) is 2. The molecule has 8 heteroatoms. The van der Waals surface area contributed by atoms with Crippen LogP contribution in [0.4, 0.5) is 5.95 Å². The van der Waals surface area contributed by atoms with Crippen LogP contribution in [0.3, 0.4) is 0 Å². The summed E-state index contributed by atoms with van der Waals surface area (Å²) in [5.41, 5.74) is 7.15. The fourth-order valence-electron chi connectivity index (χ4n) is 1.75. The molecule has 0 bridgehead atoms. The number of imidazole rings is 1. The maximum absolute atomic E-state index is 10.6. The van der Waals surface area contributed by atoms with Gasteiger partial charge in [-0.1, -0.05) is 0 Å². The van der Waals surface area contributed by atoms with Gasteiger partial charge in [0.1, 0.15) is 0 Å². The molecular formula is C14H16N4O4. The molecule has 116 valence electrons. The molecule has 0 unspecified atom stereocenters. The Bertz CT molecular complexity index is 709. The van der Waals surface area contributed by atoms with E-state index in [0.717, 1.165) is 5.69 Å². The van der Waals surface area contributed by atoms with Gasteiger partial charge >= 0.3 is 5.97 Å². The Labute approximate surface area is 126 Å². The second-order valence-electron chi connectivity index (χ2n) is 4.42. The third kappa shape index (κ3) is 3.75. The van der Waals surface area contributed by atoms with Gasteiger partial charge < -0.3 is 20.3 Å². The number of nitrogen functional groups attached to an aromatic ring is 1. The highest BCUT2D eigenvalue weighted by Crippen LogP contribution is 2.27. The summed E-state index contributed by atoms with van der Waals surface area (Å²) < 4.78 is 11.7. The summed E-state index contributed by atoms with van der Waals surface area (Å²) in [6, 6.07) is 5.06. The Morgan fingerprint density at radius 1 is 1.50 bits per heavy atom. The maximum atomic E-state index is 10.6. The van der Waals surface area contributed by atoms with Crippen LogP contribution in [0.15, 0.2) is 29.5 Å². The SMILES string of the molecule is COc1ccc(C=Nn2cc(C)nc2N)cc1OCC(=O)O. The molecule has 1 heterocycles. The van der Waals surface area contributed by atoms with Crippen LogP contribution in [0, 0.1) is 6.92 Å². The number of aryl methyl sites for hydroxylation is 1. The average molecular weight is 304 g/mol. The molecule has 0 spiro atoms. The summed E-state index contributed by atoms with van der Waals surface area (Å²) in [4.78, 5) is 14.6. The lowest BCUT2D eigenvalue weighted by Gasteiger charge is -2.09. The van der Waals surface area contributed by atoms with Crippen LogP contribution in [0.2, 0.25) is 0 Å². The van der Waals surface area contributed by atoms with E-state index in [1.165, 1.54) is 11.8 Å². The molecule has 0 saturated heterocycles. The summed E-state index contributed by atoms with van der Waals surface area (Å²) in [7, 11) is 1.48. The minimum Gasteiger partial charge on any atom is -0.493 e. The third-order valence-corrected chi connectivity index (χ3v) is 2.70. The minimum atomic E-state index is -1.07. The highest BCUT2D eigenvalue weighted by Gasteiger charge is 2.07. The van der Waals surface area contributed by atoms with Crippen molar-refractivity contribution in [3.05, 3.63) is 35.7 Å². The first-order valence-electron chi connectivity index (χ1n) is 6.38. The second kappa shape index (κ2) is 6.61. The number of aromatic nitrogens is 2. The zero-order chi connectivity index (χ0) is 16.1. The van der Waals surface area contributed by atoms with E-state index < -0.39 is 12.6 Å². The first kappa shape index (κ1) is 15.4. The molecule has 2 rings (SSSR count). The number of benzene rings is 1. The average Bonchev–Trinajstić information content (AvgIpc) is 2.80. The summed E-state index contributed by atoms with van der Waals surface area (Å²) in [5, 5.41) is 12.9. The van der Waals surface area contributed by atoms with Gasteiger partial charge in [-0.15, -0.1) is 0 Å². The van der Waals surface area contributed by atoms with E-state index in [-0.39, 0.29) is 5.95 Å². The molecule has 0 aliphatic carbocycles. The smallest absolute Gasteiger partial charge is 0.341 e. The van der Waals surface area contributed by atoms with E-state index in [1.807, 2.05) is 6.92 Å². The van der Waals surface area contributed by atoms with Crippen molar-refractivity contribution < 1.29 is 19.4 Å². The van der Waals surface area contributed by atoms with Crippen molar-refractivity contribution in [1.82, 2.24) is 9.66 Å². The van der Waals surface area contributed by atoms with E-state index >= 15 is 0 Å². The number of ether oxygens (including phenoxy) is 2. The van der Waals surface area contributed by atoms with E-state index in [0.29, 0.717) is 17.1 Å². The highest BCUT2D eigenvalue weighted by atomic mass is 16.5. The summed E-state index contributed by atoms with van der Waals surface area (Å²) in [5.74, 6) is -0.0209. The van der Waals surface area contributed by atoms with Crippen molar-refractivity contribution >= 4 is 18.1 Å². The molecule has 1 aromatic heterocycles. The van der Waals surface area contributed by atoms with E-state index in [9.17, 15) is 4.79 Å². The van der Waals surface area contributed by atoms with Crippen LogP contribution in [0.5, 0.6) is 11.5 Å². The number of carbonyl (C=O) groups is 1. The van der Waals surface area contributed by atoms with Crippen LogP contribution < -0.4 is 15.2 Å². The van der Waals surface area contributed by atoms with Gasteiger partial charge in [-0.25, -0.2) is 14.5 Å². The molecule has 0 amide bonds. The zero-order valence-electron chi connectivity index (χ0n) is 12.2. The van der Waals surface area contributed by atoms with Crippen molar-refractivity contribution in [2.45, 2.75) is 6.92 Å². The number of methoxy groups -OCH3 is 1. The van der Waals surface area contributed by atoms with Crippen molar-refractivity contribution in [2.24, 2.45) is 5.10 Å². The molecule has 1 aromatic carbocycles. The van der Waals surface area contributed by atoms with Gasteiger partial charge in [0.15, 0.2) is 18.1 Å². The topological polar surface area (TPSA) is 112 Å². The van der Waals surface area contributed by atoms with Crippen LogP contribution >= 0.6 is 0 Å². The van der Waals surface area contributed by atoms with Crippen LogP contribution in [0.1, 0.15) is 11.3 Å². The monoisotopic (exact) mass is 304 g/mol. The molecular weight excluding hydrogens is 288 g/mol. The molecule has 2 aromatic rings. The van der Waals surface area contributed by atoms with Crippen LogP contribution in [0.25, 0.3) is 0 Å². The second-order valence-corrected chi connectivity index (χ2v) is 4.42. The number of hydrogen-bond acceptors (Lipinski definition) is 6. The largest absolute Gasteiger partial charge is 0.493 e. The number of anilines is 1. The fraction of sp³-hybridized carbons (Fsp3) is 0.214. The Balaban J connectivity index is 2.22.